The molecule has 2 rings (SSSR count). The van der Waals surface area contributed by atoms with Gasteiger partial charge >= 0.3 is 23.9 Å². The molecule has 1 unspecified atom stereocenters. The van der Waals surface area contributed by atoms with Crippen LogP contribution in [0.4, 0.5) is 0 Å². The van der Waals surface area contributed by atoms with Crippen LogP contribution in [0.25, 0.3) is 0 Å². The third kappa shape index (κ3) is 7.78. The lowest BCUT2D eigenvalue weighted by Crippen LogP contribution is -2.16. The molecule has 0 aromatic heterocycles. The first-order valence-corrected chi connectivity index (χ1v) is 8.22. The van der Waals surface area contributed by atoms with Crippen LogP contribution in [0.1, 0.15) is 59.7 Å². The molecular weight excluding hydrogens is 344 g/mol. The van der Waals surface area contributed by atoms with Gasteiger partial charge < -0.3 is 19.7 Å². The van der Waals surface area contributed by atoms with E-state index in [0.29, 0.717) is 38.7 Å². The normalized spacial score (nSPS) is 18.3. The van der Waals surface area contributed by atoms with Crippen LogP contribution in [0.15, 0.2) is 24.3 Å². The van der Waals surface area contributed by atoms with Crippen LogP contribution in [0, 0.1) is 0 Å². The van der Waals surface area contributed by atoms with Crippen molar-refractivity contribution >= 4 is 23.9 Å². The quantitative estimate of drug-likeness (QED) is 0.764. The molecule has 1 heterocycles. The van der Waals surface area contributed by atoms with E-state index in [-0.39, 0.29) is 29.2 Å². The number of benzene rings is 1. The molecule has 0 aliphatic carbocycles. The number of cyclic esters (lactones) is 2. The molecule has 26 heavy (non-hydrogen) atoms. The summed E-state index contributed by atoms with van der Waals surface area (Å²) >= 11 is 0. The SMILES string of the molecule is CC1CCOC(=O)CCCCC(=O)O1.O=C(O)c1ccccc1C(=O)O. The van der Waals surface area contributed by atoms with Crippen molar-refractivity contribution in [3.63, 3.8) is 0 Å². The van der Waals surface area contributed by atoms with E-state index in [1.54, 1.807) is 0 Å². The van der Waals surface area contributed by atoms with Crippen LogP contribution in [0.3, 0.4) is 0 Å². The minimum atomic E-state index is -1.23. The zero-order valence-corrected chi connectivity index (χ0v) is 14.5. The number of hydrogen-bond acceptors (Lipinski definition) is 6. The molecule has 142 valence electrons. The number of esters is 2. The number of carboxylic acids is 2. The molecule has 1 aliphatic rings. The summed E-state index contributed by atoms with van der Waals surface area (Å²) in [5.74, 6) is -2.81. The summed E-state index contributed by atoms with van der Waals surface area (Å²) in [6.45, 7) is 2.15. The van der Waals surface area contributed by atoms with E-state index in [0.717, 1.165) is 0 Å². The predicted molar refractivity (Wildman–Crippen MR) is 90.0 cm³/mol. The minimum absolute atomic E-state index is 0.159. The van der Waals surface area contributed by atoms with Crippen molar-refractivity contribution in [2.45, 2.75) is 45.1 Å². The fourth-order valence-electron chi connectivity index (χ4n) is 2.15. The van der Waals surface area contributed by atoms with E-state index in [9.17, 15) is 19.2 Å². The highest BCUT2D eigenvalue weighted by Gasteiger charge is 2.14. The van der Waals surface area contributed by atoms with Crippen molar-refractivity contribution in [2.24, 2.45) is 0 Å². The van der Waals surface area contributed by atoms with Gasteiger partial charge in [0.1, 0.15) is 6.10 Å². The highest BCUT2D eigenvalue weighted by atomic mass is 16.6. The zero-order valence-electron chi connectivity index (χ0n) is 14.5. The van der Waals surface area contributed by atoms with Gasteiger partial charge in [0.15, 0.2) is 0 Å². The van der Waals surface area contributed by atoms with Gasteiger partial charge in [0, 0.05) is 19.3 Å². The highest BCUT2D eigenvalue weighted by Crippen LogP contribution is 2.09. The summed E-state index contributed by atoms with van der Waals surface area (Å²) in [5, 5.41) is 17.1. The number of carbonyl (C=O) groups is 4. The van der Waals surface area contributed by atoms with Gasteiger partial charge in [-0.2, -0.15) is 0 Å². The number of carboxylic acid groups (broad SMARTS) is 2. The van der Waals surface area contributed by atoms with Crippen molar-refractivity contribution < 1.29 is 38.9 Å². The summed E-state index contributed by atoms with van der Waals surface area (Å²) in [6.07, 6.45) is 2.62. The summed E-state index contributed by atoms with van der Waals surface area (Å²) in [7, 11) is 0. The van der Waals surface area contributed by atoms with Crippen LogP contribution in [0.2, 0.25) is 0 Å². The number of hydrogen-bond donors (Lipinski definition) is 2. The molecule has 0 saturated carbocycles. The number of aromatic carboxylic acids is 2. The van der Waals surface area contributed by atoms with Crippen LogP contribution in [0.5, 0.6) is 0 Å². The van der Waals surface area contributed by atoms with Gasteiger partial charge in [-0.3, -0.25) is 9.59 Å². The maximum atomic E-state index is 11.2. The topological polar surface area (TPSA) is 127 Å². The lowest BCUT2D eigenvalue weighted by molar-refractivity contribution is -0.149. The number of rotatable bonds is 2. The Balaban J connectivity index is 0.000000263. The van der Waals surface area contributed by atoms with Gasteiger partial charge in [-0.25, -0.2) is 9.59 Å². The first-order chi connectivity index (χ1) is 12.3. The first-order valence-electron chi connectivity index (χ1n) is 8.22. The van der Waals surface area contributed by atoms with Gasteiger partial charge in [-0.15, -0.1) is 0 Å². The van der Waals surface area contributed by atoms with Crippen LogP contribution >= 0.6 is 0 Å². The molecule has 0 amide bonds. The highest BCUT2D eigenvalue weighted by molar-refractivity contribution is 6.01. The molecule has 8 nitrogen and oxygen atoms in total. The molecule has 2 N–H and O–H groups in total. The van der Waals surface area contributed by atoms with Gasteiger partial charge in [0.05, 0.1) is 17.7 Å². The van der Waals surface area contributed by atoms with Crippen molar-refractivity contribution in [1.29, 1.82) is 0 Å². The van der Waals surface area contributed by atoms with E-state index in [1.807, 2.05) is 6.92 Å². The Morgan fingerprint density at radius 3 is 1.96 bits per heavy atom. The maximum Gasteiger partial charge on any atom is 0.336 e. The molecule has 0 spiro atoms. The lowest BCUT2D eigenvalue weighted by Gasteiger charge is -2.11. The maximum absolute atomic E-state index is 11.2. The molecule has 1 aromatic rings. The van der Waals surface area contributed by atoms with Crippen LogP contribution < -0.4 is 0 Å². The van der Waals surface area contributed by atoms with E-state index in [1.165, 1.54) is 24.3 Å². The Hall–Kier alpha value is -2.90. The standard InChI is InChI=1S/C10H16O4.C8H6O4/c1-8-6-7-13-9(11)4-2-3-5-10(12)14-8;9-7(10)5-3-1-2-4-6(5)8(11)12/h8H,2-7H2,1H3;1-4H,(H,9,10)(H,11,12). The average molecular weight is 366 g/mol. The van der Waals surface area contributed by atoms with Gasteiger partial charge in [-0.05, 0) is 31.9 Å². The van der Waals surface area contributed by atoms with Gasteiger partial charge in [0.25, 0.3) is 0 Å². The fourth-order valence-corrected chi connectivity index (χ4v) is 2.15. The van der Waals surface area contributed by atoms with Crippen molar-refractivity contribution in [1.82, 2.24) is 0 Å². The summed E-state index contributed by atoms with van der Waals surface area (Å²) in [6, 6.07) is 5.48. The Morgan fingerprint density at radius 2 is 1.46 bits per heavy atom. The van der Waals surface area contributed by atoms with E-state index in [2.05, 4.69) is 0 Å². The second-order valence-corrected chi connectivity index (χ2v) is 5.67. The van der Waals surface area contributed by atoms with E-state index < -0.39 is 11.9 Å². The molecule has 1 fully saturated rings. The van der Waals surface area contributed by atoms with Crippen molar-refractivity contribution in [3.8, 4) is 0 Å². The predicted octanol–water partition coefficient (Wildman–Crippen LogP) is 2.51. The summed E-state index contributed by atoms with van der Waals surface area (Å²) in [4.78, 5) is 43.1. The Labute approximate surface area is 150 Å². The monoisotopic (exact) mass is 366 g/mol. The van der Waals surface area contributed by atoms with E-state index >= 15 is 0 Å². The van der Waals surface area contributed by atoms with Crippen molar-refractivity contribution in [2.75, 3.05) is 6.61 Å². The smallest absolute Gasteiger partial charge is 0.336 e. The summed E-state index contributed by atoms with van der Waals surface area (Å²) < 4.78 is 10.0. The molecule has 8 heteroatoms. The minimum Gasteiger partial charge on any atom is -0.478 e. The second-order valence-electron chi connectivity index (χ2n) is 5.67. The molecule has 1 aromatic carbocycles. The zero-order chi connectivity index (χ0) is 19.5. The molecule has 1 atom stereocenters. The van der Waals surface area contributed by atoms with Crippen molar-refractivity contribution in [3.05, 3.63) is 35.4 Å². The van der Waals surface area contributed by atoms with Crippen LogP contribution in [-0.4, -0.2) is 46.8 Å². The molecule has 0 bridgehead atoms. The third-order valence-electron chi connectivity index (χ3n) is 3.52. The summed E-state index contributed by atoms with van der Waals surface area (Å²) in [5.41, 5.74) is -0.380. The molecule has 1 aliphatic heterocycles. The second kappa shape index (κ2) is 10.9. The van der Waals surface area contributed by atoms with Gasteiger partial charge in [-0.1, -0.05) is 12.1 Å². The third-order valence-corrected chi connectivity index (χ3v) is 3.52. The number of carbonyl (C=O) groups excluding carboxylic acids is 2. The molecule has 0 radical (unpaired) electrons. The lowest BCUT2D eigenvalue weighted by atomic mass is 10.1. The van der Waals surface area contributed by atoms with Gasteiger partial charge in [0.2, 0.25) is 0 Å². The molecular formula is C18H22O8. The Morgan fingerprint density at radius 1 is 0.962 bits per heavy atom. The fraction of sp³-hybridized carbons (Fsp3) is 0.444. The van der Waals surface area contributed by atoms with Crippen LogP contribution in [-0.2, 0) is 19.1 Å². The Bertz CT molecular complexity index is 619. The largest absolute Gasteiger partial charge is 0.478 e. The average Bonchev–Trinajstić information content (AvgIpc) is 2.61. The van der Waals surface area contributed by atoms with E-state index in [4.69, 9.17) is 19.7 Å². The first kappa shape index (κ1) is 21.1. The molecule has 1 saturated heterocycles. The Kier molecular flexibility index (Phi) is 8.83. The number of ether oxygens (including phenoxy) is 2.